The molecule has 2 aromatic rings. The number of benzene rings is 2. The van der Waals surface area contributed by atoms with Crippen LogP contribution in [0.4, 0.5) is 5.69 Å². The van der Waals surface area contributed by atoms with Gasteiger partial charge in [0.15, 0.2) is 0 Å². The molecule has 0 heterocycles. The van der Waals surface area contributed by atoms with Crippen molar-refractivity contribution in [3.8, 4) is 11.5 Å². The van der Waals surface area contributed by atoms with Crippen molar-refractivity contribution in [2.45, 2.75) is 6.42 Å². The van der Waals surface area contributed by atoms with E-state index in [-0.39, 0.29) is 18.9 Å². The van der Waals surface area contributed by atoms with Gasteiger partial charge in [-0.15, -0.1) is 0 Å². The third-order valence-electron chi connectivity index (χ3n) is 3.49. The van der Waals surface area contributed by atoms with Crippen molar-refractivity contribution in [1.82, 2.24) is 5.32 Å². The molecule has 0 aliphatic heterocycles. The highest BCUT2D eigenvalue weighted by Crippen LogP contribution is 2.26. The van der Waals surface area contributed by atoms with E-state index in [1.54, 1.807) is 37.4 Å². The minimum atomic E-state index is -0.413. The molecule has 0 unspecified atom stereocenters. The van der Waals surface area contributed by atoms with Crippen molar-refractivity contribution in [1.29, 1.82) is 0 Å². The Labute approximate surface area is 161 Å². The van der Waals surface area contributed by atoms with Crippen LogP contribution in [0.5, 0.6) is 11.5 Å². The largest absolute Gasteiger partial charge is 0.497 e. The Morgan fingerprint density at radius 2 is 1.77 bits per heavy atom. The fraction of sp³-hybridized carbons (Fsp3) is 0.222. The predicted octanol–water partition coefficient (Wildman–Crippen LogP) is 3.31. The van der Waals surface area contributed by atoms with Gasteiger partial charge in [-0.2, -0.15) is 0 Å². The number of ether oxygens (including phenoxy) is 2. The summed E-state index contributed by atoms with van der Waals surface area (Å²) in [7, 11) is 3.06. The average molecular weight is 397 g/mol. The van der Waals surface area contributed by atoms with Crippen molar-refractivity contribution in [3.63, 3.8) is 0 Å². The van der Waals surface area contributed by atoms with Crippen LogP contribution >= 0.6 is 23.2 Å². The number of nitrogens with one attached hydrogen (secondary N) is 2. The summed E-state index contributed by atoms with van der Waals surface area (Å²) in [5.74, 6) is 0.434. The van der Waals surface area contributed by atoms with Crippen LogP contribution in [0.3, 0.4) is 0 Å². The summed E-state index contributed by atoms with van der Waals surface area (Å²) >= 11 is 11.9. The fourth-order valence-corrected chi connectivity index (χ4v) is 2.54. The zero-order chi connectivity index (χ0) is 19.1. The van der Waals surface area contributed by atoms with E-state index in [0.717, 1.165) is 0 Å². The third-order valence-corrected chi connectivity index (χ3v) is 4.06. The van der Waals surface area contributed by atoms with Gasteiger partial charge in [0.25, 0.3) is 0 Å². The SMILES string of the molecule is COc1ccc(CC(=O)NCC(=O)Nc2cc(Cl)ccc2Cl)c(OC)c1. The summed E-state index contributed by atoms with van der Waals surface area (Å²) in [5.41, 5.74) is 1.07. The van der Waals surface area contributed by atoms with Gasteiger partial charge in [0.2, 0.25) is 11.8 Å². The van der Waals surface area contributed by atoms with E-state index in [1.807, 2.05) is 0 Å². The number of hydrogen-bond donors (Lipinski definition) is 2. The second-order valence-electron chi connectivity index (χ2n) is 5.30. The Morgan fingerprint density at radius 1 is 1.00 bits per heavy atom. The Hall–Kier alpha value is -2.44. The van der Waals surface area contributed by atoms with Crippen molar-refractivity contribution in [2.24, 2.45) is 0 Å². The summed E-state index contributed by atoms with van der Waals surface area (Å²) in [6, 6.07) is 9.89. The number of rotatable bonds is 7. The van der Waals surface area contributed by atoms with Crippen LogP contribution < -0.4 is 20.1 Å². The van der Waals surface area contributed by atoms with Gasteiger partial charge in [-0.3, -0.25) is 9.59 Å². The first-order chi connectivity index (χ1) is 12.4. The lowest BCUT2D eigenvalue weighted by Crippen LogP contribution is -2.33. The molecule has 2 rings (SSSR count). The number of amides is 2. The first kappa shape index (κ1) is 19.9. The molecule has 0 saturated carbocycles. The van der Waals surface area contributed by atoms with Gasteiger partial charge >= 0.3 is 0 Å². The molecule has 0 radical (unpaired) electrons. The summed E-state index contributed by atoms with van der Waals surface area (Å²) in [4.78, 5) is 24.1. The minimum absolute atomic E-state index is 0.0678. The molecule has 0 saturated heterocycles. The summed E-state index contributed by atoms with van der Waals surface area (Å²) in [6.45, 7) is -0.194. The van der Waals surface area contributed by atoms with E-state index in [1.165, 1.54) is 13.2 Å². The maximum Gasteiger partial charge on any atom is 0.243 e. The molecule has 0 aliphatic carbocycles. The van der Waals surface area contributed by atoms with Gasteiger partial charge in [0, 0.05) is 16.7 Å². The second kappa shape index (κ2) is 9.31. The monoisotopic (exact) mass is 396 g/mol. The Balaban J connectivity index is 1.90. The normalized spacial score (nSPS) is 10.2. The number of carbonyl (C=O) groups is 2. The smallest absolute Gasteiger partial charge is 0.243 e. The van der Waals surface area contributed by atoms with Crippen LogP contribution in [0.15, 0.2) is 36.4 Å². The molecular formula is C18H18Cl2N2O4. The van der Waals surface area contributed by atoms with Crippen LogP contribution in [0, 0.1) is 0 Å². The van der Waals surface area contributed by atoms with Crippen molar-refractivity contribution in [3.05, 3.63) is 52.0 Å². The number of carbonyl (C=O) groups excluding carboxylic acids is 2. The zero-order valence-electron chi connectivity index (χ0n) is 14.3. The molecule has 8 heteroatoms. The number of anilines is 1. The molecule has 138 valence electrons. The average Bonchev–Trinajstić information content (AvgIpc) is 2.63. The fourth-order valence-electron chi connectivity index (χ4n) is 2.20. The molecule has 0 aliphatic rings. The molecule has 0 aromatic heterocycles. The molecule has 0 bridgehead atoms. The summed E-state index contributed by atoms with van der Waals surface area (Å²) in [6.07, 6.45) is 0.0678. The maximum absolute atomic E-state index is 12.1. The Kier molecular flexibility index (Phi) is 7.12. The number of halogens is 2. The van der Waals surface area contributed by atoms with Crippen LogP contribution in [-0.2, 0) is 16.0 Å². The number of hydrogen-bond acceptors (Lipinski definition) is 4. The molecule has 0 atom stereocenters. The molecule has 0 spiro atoms. The van der Waals surface area contributed by atoms with Crippen LogP contribution in [0.2, 0.25) is 10.0 Å². The van der Waals surface area contributed by atoms with Crippen LogP contribution in [0.1, 0.15) is 5.56 Å². The molecule has 2 N–H and O–H groups in total. The molecule has 26 heavy (non-hydrogen) atoms. The highest BCUT2D eigenvalue weighted by atomic mass is 35.5. The van der Waals surface area contributed by atoms with E-state index in [9.17, 15) is 9.59 Å². The van der Waals surface area contributed by atoms with Crippen molar-refractivity contribution >= 4 is 40.7 Å². The standard InChI is InChI=1S/C18H18Cl2N2O4/c1-25-13-5-3-11(16(9-13)26-2)7-17(23)21-10-18(24)22-15-8-12(19)4-6-14(15)20/h3-6,8-9H,7,10H2,1-2H3,(H,21,23)(H,22,24). The van der Waals surface area contributed by atoms with Crippen LogP contribution in [0.25, 0.3) is 0 Å². The highest BCUT2D eigenvalue weighted by Gasteiger charge is 2.12. The van der Waals surface area contributed by atoms with E-state index < -0.39 is 5.91 Å². The van der Waals surface area contributed by atoms with Gasteiger partial charge in [-0.25, -0.2) is 0 Å². The van der Waals surface area contributed by atoms with Crippen molar-refractivity contribution in [2.75, 3.05) is 26.1 Å². The molecule has 6 nitrogen and oxygen atoms in total. The van der Waals surface area contributed by atoms with Gasteiger partial charge in [0.05, 0.1) is 37.9 Å². The lowest BCUT2D eigenvalue weighted by atomic mass is 10.1. The van der Waals surface area contributed by atoms with Crippen LogP contribution in [-0.4, -0.2) is 32.6 Å². The lowest BCUT2D eigenvalue weighted by Gasteiger charge is -2.11. The topological polar surface area (TPSA) is 76.7 Å². The van der Waals surface area contributed by atoms with E-state index in [2.05, 4.69) is 10.6 Å². The Morgan fingerprint density at radius 3 is 2.46 bits per heavy atom. The first-order valence-electron chi connectivity index (χ1n) is 7.65. The molecular weight excluding hydrogens is 379 g/mol. The van der Waals surface area contributed by atoms with Crippen molar-refractivity contribution < 1.29 is 19.1 Å². The second-order valence-corrected chi connectivity index (χ2v) is 6.15. The lowest BCUT2D eigenvalue weighted by molar-refractivity contribution is -0.123. The maximum atomic E-state index is 12.1. The highest BCUT2D eigenvalue weighted by molar-refractivity contribution is 6.35. The minimum Gasteiger partial charge on any atom is -0.497 e. The summed E-state index contributed by atoms with van der Waals surface area (Å²) in [5, 5.41) is 5.95. The third kappa shape index (κ3) is 5.54. The quantitative estimate of drug-likeness (QED) is 0.752. The summed E-state index contributed by atoms with van der Waals surface area (Å²) < 4.78 is 10.4. The predicted molar refractivity (Wildman–Crippen MR) is 101 cm³/mol. The van der Waals surface area contributed by atoms with Gasteiger partial charge in [-0.1, -0.05) is 29.3 Å². The first-order valence-corrected chi connectivity index (χ1v) is 8.41. The molecule has 0 fully saturated rings. The van der Waals surface area contributed by atoms with E-state index in [0.29, 0.717) is 32.8 Å². The molecule has 2 aromatic carbocycles. The van der Waals surface area contributed by atoms with Gasteiger partial charge in [0.1, 0.15) is 11.5 Å². The van der Waals surface area contributed by atoms with Gasteiger partial charge in [-0.05, 0) is 24.3 Å². The van der Waals surface area contributed by atoms with Gasteiger partial charge < -0.3 is 20.1 Å². The zero-order valence-corrected chi connectivity index (χ0v) is 15.8. The Bertz CT molecular complexity index is 812. The number of methoxy groups -OCH3 is 2. The van der Waals surface area contributed by atoms with E-state index in [4.69, 9.17) is 32.7 Å². The van der Waals surface area contributed by atoms with E-state index >= 15 is 0 Å². The molecule has 2 amide bonds.